The van der Waals surface area contributed by atoms with Gasteiger partial charge < -0.3 is 4.74 Å². The van der Waals surface area contributed by atoms with Gasteiger partial charge in [0.15, 0.2) is 0 Å². The van der Waals surface area contributed by atoms with Gasteiger partial charge in [-0.2, -0.15) is 13.2 Å². The third-order valence-corrected chi connectivity index (χ3v) is 4.60. The number of carbonyl (C=O) groups is 1. The summed E-state index contributed by atoms with van der Waals surface area (Å²) in [6.45, 7) is 5.51. The number of allylic oxidation sites excluding steroid dienone is 2. The van der Waals surface area contributed by atoms with E-state index in [1.165, 1.54) is 0 Å². The second kappa shape index (κ2) is 6.19. The molecule has 1 saturated carbocycles. The Labute approximate surface area is 138 Å². The lowest BCUT2D eigenvalue weighted by atomic mass is 10.1. The highest BCUT2D eigenvalue weighted by molar-refractivity contribution is 6.30. The molecule has 0 aromatic heterocycles. The fraction of sp³-hybridized carbons (Fsp3) is 0.471. The molecule has 23 heavy (non-hydrogen) atoms. The molecule has 1 aromatic carbocycles. The van der Waals surface area contributed by atoms with Gasteiger partial charge in [0.25, 0.3) is 0 Å². The highest BCUT2D eigenvalue weighted by Crippen LogP contribution is 2.60. The van der Waals surface area contributed by atoms with Gasteiger partial charge in [-0.05, 0) is 23.8 Å². The van der Waals surface area contributed by atoms with E-state index in [1.807, 2.05) is 31.2 Å². The van der Waals surface area contributed by atoms with Crippen molar-refractivity contribution in [2.24, 2.45) is 17.3 Å². The van der Waals surface area contributed by atoms with Gasteiger partial charge in [-0.25, -0.2) is 0 Å². The van der Waals surface area contributed by atoms with Crippen LogP contribution in [-0.4, -0.2) is 12.1 Å². The number of aryl methyl sites for hydroxylation is 1. The van der Waals surface area contributed by atoms with Crippen LogP contribution in [0.2, 0.25) is 0 Å². The van der Waals surface area contributed by atoms with Gasteiger partial charge in [0.05, 0.1) is 5.92 Å². The smallest absolute Gasteiger partial charge is 0.426 e. The number of halogens is 4. The van der Waals surface area contributed by atoms with E-state index in [2.05, 4.69) is 0 Å². The second-order valence-corrected chi connectivity index (χ2v) is 6.84. The Balaban J connectivity index is 1.98. The molecule has 1 aliphatic carbocycles. The molecule has 0 radical (unpaired) electrons. The number of benzene rings is 1. The van der Waals surface area contributed by atoms with E-state index >= 15 is 0 Å². The highest BCUT2D eigenvalue weighted by Gasteiger charge is 2.62. The van der Waals surface area contributed by atoms with E-state index in [9.17, 15) is 18.0 Å². The molecule has 0 amide bonds. The van der Waals surface area contributed by atoms with Crippen molar-refractivity contribution in [3.05, 3.63) is 46.5 Å². The van der Waals surface area contributed by atoms with Crippen molar-refractivity contribution in [3.63, 3.8) is 0 Å². The predicted octanol–water partition coefficient (Wildman–Crippen LogP) is 5.00. The maximum absolute atomic E-state index is 12.5. The van der Waals surface area contributed by atoms with Crippen LogP contribution in [0.3, 0.4) is 0 Å². The minimum absolute atomic E-state index is 0.106. The first-order valence-electron chi connectivity index (χ1n) is 7.20. The first kappa shape index (κ1) is 17.9. The summed E-state index contributed by atoms with van der Waals surface area (Å²) in [4.78, 5) is 12.1. The third kappa shape index (κ3) is 4.08. The summed E-state index contributed by atoms with van der Waals surface area (Å²) < 4.78 is 42.7. The number of esters is 1. The average molecular weight is 347 g/mol. The van der Waals surface area contributed by atoms with Crippen molar-refractivity contribution in [3.8, 4) is 0 Å². The molecular formula is C17H18ClF3O2. The quantitative estimate of drug-likeness (QED) is 0.717. The zero-order chi connectivity index (χ0) is 17.4. The zero-order valence-electron chi connectivity index (χ0n) is 13.1. The van der Waals surface area contributed by atoms with Crippen LogP contribution in [0.5, 0.6) is 0 Å². The van der Waals surface area contributed by atoms with Gasteiger partial charge >= 0.3 is 12.1 Å². The van der Waals surface area contributed by atoms with E-state index in [4.69, 9.17) is 16.3 Å². The summed E-state index contributed by atoms with van der Waals surface area (Å²) in [7, 11) is 0. The third-order valence-electron chi connectivity index (χ3n) is 4.26. The molecule has 0 unspecified atom stereocenters. The Bertz CT molecular complexity index is 618. The van der Waals surface area contributed by atoms with Crippen LogP contribution in [-0.2, 0) is 16.1 Å². The van der Waals surface area contributed by atoms with Gasteiger partial charge in [-0.1, -0.05) is 61.4 Å². The van der Waals surface area contributed by atoms with Gasteiger partial charge in [-0.15, -0.1) is 0 Å². The van der Waals surface area contributed by atoms with E-state index in [0.29, 0.717) is 0 Å². The summed E-state index contributed by atoms with van der Waals surface area (Å²) in [5.74, 6) is -1.67. The number of hydrogen-bond donors (Lipinski definition) is 0. The molecule has 0 N–H and O–H groups in total. The second-order valence-electron chi connectivity index (χ2n) is 6.43. The molecule has 2 nitrogen and oxygen atoms in total. The number of carbonyl (C=O) groups excluding carboxylic acids is 1. The lowest BCUT2D eigenvalue weighted by Crippen LogP contribution is -2.11. The summed E-state index contributed by atoms with van der Waals surface area (Å²) in [6.07, 6.45) is -3.67. The predicted molar refractivity (Wildman–Crippen MR) is 81.7 cm³/mol. The standard InChI is InChI=1S/C17H18ClF3O2/c1-10-4-6-11(7-5-10)9-23-15(22)14-12(16(14,2)3)8-13(18)17(19,20)21/h4-8,12,14H,9H2,1-3H3/t12-,14-/m1/s1. The first-order chi connectivity index (χ1) is 10.5. The SMILES string of the molecule is Cc1ccc(COC(=O)[C@H]2[C@@H](C=C(Cl)C(F)(F)F)C2(C)C)cc1. The van der Waals surface area contributed by atoms with Crippen LogP contribution in [0.4, 0.5) is 13.2 Å². The van der Waals surface area contributed by atoms with Crippen molar-refractivity contribution in [1.82, 2.24) is 0 Å². The minimum atomic E-state index is -4.59. The summed E-state index contributed by atoms with van der Waals surface area (Å²) >= 11 is 5.26. The molecule has 0 heterocycles. The molecule has 0 bridgehead atoms. The molecule has 1 aliphatic rings. The Morgan fingerprint density at radius 2 is 1.87 bits per heavy atom. The number of rotatable bonds is 4. The lowest BCUT2D eigenvalue weighted by Gasteiger charge is -2.06. The van der Waals surface area contributed by atoms with Gasteiger partial charge in [0.2, 0.25) is 0 Å². The van der Waals surface area contributed by atoms with E-state index in [-0.39, 0.29) is 6.61 Å². The minimum Gasteiger partial charge on any atom is -0.461 e. The molecule has 1 fully saturated rings. The topological polar surface area (TPSA) is 26.3 Å². The van der Waals surface area contributed by atoms with Crippen molar-refractivity contribution < 1.29 is 22.7 Å². The zero-order valence-corrected chi connectivity index (χ0v) is 13.8. The molecule has 0 aliphatic heterocycles. The fourth-order valence-electron chi connectivity index (χ4n) is 2.62. The highest BCUT2D eigenvalue weighted by atomic mass is 35.5. The Morgan fingerprint density at radius 3 is 2.39 bits per heavy atom. The van der Waals surface area contributed by atoms with Crippen LogP contribution in [0.25, 0.3) is 0 Å². The Hall–Kier alpha value is -1.49. The monoisotopic (exact) mass is 346 g/mol. The van der Waals surface area contributed by atoms with Crippen molar-refractivity contribution in [2.45, 2.75) is 33.6 Å². The van der Waals surface area contributed by atoms with Crippen LogP contribution in [0.1, 0.15) is 25.0 Å². The largest absolute Gasteiger partial charge is 0.461 e. The fourth-order valence-corrected chi connectivity index (χ4v) is 2.76. The molecule has 0 spiro atoms. The van der Waals surface area contributed by atoms with Crippen molar-refractivity contribution in [2.75, 3.05) is 0 Å². The number of ether oxygens (including phenoxy) is 1. The number of alkyl halides is 3. The van der Waals surface area contributed by atoms with Crippen LogP contribution in [0.15, 0.2) is 35.4 Å². The van der Waals surface area contributed by atoms with Crippen LogP contribution >= 0.6 is 11.6 Å². The van der Waals surface area contributed by atoms with Gasteiger partial charge in [0.1, 0.15) is 11.6 Å². The Morgan fingerprint density at radius 1 is 1.30 bits per heavy atom. The van der Waals surface area contributed by atoms with E-state index in [1.54, 1.807) is 13.8 Å². The van der Waals surface area contributed by atoms with E-state index < -0.39 is 34.4 Å². The molecule has 1 aromatic rings. The van der Waals surface area contributed by atoms with Gasteiger partial charge in [-0.3, -0.25) is 4.79 Å². The van der Waals surface area contributed by atoms with Crippen molar-refractivity contribution in [1.29, 1.82) is 0 Å². The normalized spacial score (nSPS) is 23.5. The molecule has 2 rings (SSSR count). The summed E-state index contributed by atoms with van der Waals surface area (Å²) in [5.41, 5.74) is 1.34. The summed E-state index contributed by atoms with van der Waals surface area (Å²) in [6, 6.07) is 7.49. The van der Waals surface area contributed by atoms with Gasteiger partial charge in [0, 0.05) is 0 Å². The van der Waals surface area contributed by atoms with Crippen LogP contribution in [0, 0.1) is 24.2 Å². The molecule has 126 valence electrons. The first-order valence-corrected chi connectivity index (χ1v) is 7.58. The maximum Gasteiger partial charge on any atom is 0.426 e. The van der Waals surface area contributed by atoms with Crippen molar-refractivity contribution >= 4 is 17.6 Å². The van der Waals surface area contributed by atoms with Crippen LogP contribution < -0.4 is 0 Å². The molecule has 2 atom stereocenters. The summed E-state index contributed by atoms with van der Waals surface area (Å²) in [5, 5.41) is -1.19. The molecule has 0 saturated heterocycles. The maximum atomic E-state index is 12.5. The van der Waals surface area contributed by atoms with E-state index in [0.717, 1.165) is 17.2 Å². The lowest BCUT2D eigenvalue weighted by molar-refractivity contribution is -0.147. The molecular weight excluding hydrogens is 329 g/mol. The molecule has 6 heteroatoms. The Kier molecular flexibility index (Phi) is 4.81. The average Bonchev–Trinajstić information content (AvgIpc) is 2.98. The number of hydrogen-bond acceptors (Lipinski definition) is 2.